The van der Waals surface area contributed by atoms with Crippen molar-refractivity contribution in [2.75, 3.05) is 26.3 Å². The van der Waals surface area contributed by atoms with E-state index in [9.17, 15) is 19.8 Å². The molecule has 2 aromatic rings. The average Bonchev–Trinajstić information content (AvgIpc) is 3.27. The molecule has 1 amide bonds. The van der Waals surface area contributed by atoms with Gasteiger partial charge >= 0.3 is 12.1 Å². The number of hydrogen-bond donors (Lipinski definition) is 2. The van der Waals surface area contributed by atoms with Crippen LogP contribution in [0.15, 0.2) is 48.5 Å². The maximum Gasteiger partial charge on any atom is 0.409 e. The number of rotatable bonds is 5. The predicted molar refractivity (Wildman–Crippen MR) is 103 cm³/mol. The number of benzene rings is 2. The molecular weight excluding hydrogens is 358 g/mol. The fourth-order valence-corrected chi connectivity index (χ4v) is 4.41. The molecule has 28 heavy (non-hydrogen) atoms. The summed E-state index contributed by atoms with van der Waals surface area (Å²) < 4.78 is 5.61. The summed E-state index contributed by atoms with van der Waals surface area (Å²) in [5.41, 5.74) is 3.51. The van der Waals surface area contributed by atoms with Gasteiger partial charge in [0.15, 0.2) is 0 Å². The van der Waals surface area contributed by atoms with Crippen LogP contribution in [0.5, 0.6) is 0 Å². The summed E-state index contributed by atoms with van der Waals surface area (Å²) in [4.78, 5) is 25.7. The van der Waals surface area contributed by atoms with Crippen LogP contribution in [0.2, 0.25) is 0 Å². The minimum atomic E-state index is -1.08. The summed E-state index contributed by atoms with van der Waals surface area (Å²) in [7, 11) is 0. The lowest BCUT2D eigenvalue weighted by molar-refractivity contribution is -0.149. The number of aliphatic hydroxyl groups excluding tert-OH is 1. The highest BCUT2D eigenvalue weighted by Crippen LogP contribution is 2.44. The summed E-state index contributed by atoms with van der Waals surface area (Å²) in [6, 6.07) is 16.2. The van der Waals surface area contributed by atoms with Crippen LogP contribution >= 0.6 is 0 Å². The second kappa shape index (κ2) is 7.28. The van der Waals surface area contributed by atoms with Gasteiger partial charge in [-0.1, -0.05) is 48.5 Å². The van der Waals surface area contributed by atoms with Gasteiger partial charge in [0.2, 0.25) is 0 Å². The molecule has 0 saturated carbocycles. The number of fused-ring (bicyclic) bond motifs is 3. The van der Waals surface area contributed by atoms with E-state index in [0.29, 0.717) is 13.0 Å². The monoisotopic (exact) mass is 381 g/mol. The quantitative estimate of drug-likeness (QED) is 0.831. The van der Waals surface area contributed by atoms with Crippen LogP contribution in [0.1, 0.15) is 29.9 Å². The van der Waals surface area contributed by atoms with Crippen LogP contribution in [0.4, 0.5) is 4.79 Å². The Balaban J connectivity index is 1.47. The lowest BCUT2D eigenvalue weighted by atomic mass is 9.84. The number of aliphatic hydroxyl groups is 1. The maximum atomic E-state index is 12.6. The number of carboxylic acids is 1. The number of nitrogens with zero attached hydrogens (tertiary/aromatic N) is 1. The van der Waals surface area contributed by atoms with E-state index in [1.807, 2.05) is 24.3 Å². The molecule has 1 fully saturated rings. The van der Waals surface area contributed by atoms with Crippen molar-refractivity contribution in [3.8, 4) is 11.1 Å². The molecule has 6 heteroatoms. The van der Waals surface area contributed by atoms with Gasteiger partial charge in [-0.25, -0.2) is 4.79 Å². The molecule has 0 aromatic heterocycles. The topological polar surface area (TPSA) is 87.1 Å². The van der Waals surface area contributed by atoms with E-state index < -0.39 is 17.5 Å². The molecular formula is C22H23NO5. The number of likely N-dealkylation sites (tertiary alicyclic amines) is 1. The van der Waals surface area contributed by atoms with Crippen molar-refractivity contribution >= 4 is 12.1 Å². The van der Waals surface area contributed by atoms with Crippen LogP contribution in [0, 0.1) is 5.41 Å². The summed E-state index contributed by atoms with van der Waals surface area (Å²) in [5, 5.41) is 18.7. The van der Waals surface area contributed by atoms with E-state index in [0.717, 1.165) is 22.3 Å². The molecule has 2 N–H and O–H groups in total. The smallest absolute Gasteiger partial charge is 0.409 e. The van der Waals surface area contributed by atoms with Gasteiger partial charge in [0.05, 0.1) is 5.41 Å². The SMILES string of the molecule is O=C(OCC1c2ccccc2-c2ccccc21)N1CCC(CCO)(C(=O)O)C1. The van der Waals surface area contributed by atoms with Crippen LogP contribution in [-0.2, 0) is 9.53 Å². The van der Waals surface area contributed by atoms with Gasteiger partial charge in [-0.05, 0) is 35.1 Å². The Bertz CT molecular complexity index is 866. The van der Waals surface area contributed by atoms with Gasteiger partial charge in [-0.2, -0.15) is 0 Å². The number of aliphatic carboxylic acids is 1. The molecule has 2 aromatic carbocycles. The number of hydrogen-bond acceptors (Lipinski definition) is 4. The van der Waals surface area contributed by atoms with E-state index in [4.69, 9.17) is 4.74 Å². The molecule has 1 saturated heterocycles. The molecule has 146 valence electrons. The average molecular weight is 381 g/mol. The molecule has 1 unspecified atom stereocenters. The number of ether oxygens (including phenoxy) is 1. The second-order valence-corrected chi connectivity index (χ2v) is 7.53. The first-order valence-corrected chi connectivity index (χ1v) is 9.50. The largest absolute Gasteiger partial charge is 0.481 e. The fourth-order valence-electron chi connectivity index (χ4n) is 4.41. The fraction of sp³-hybridized carbons (Fsp3) is 0.364. The Morgan fingerprint density at radius 1 is 1.07 bits per heavy atom. The molecule has 6 nitrogen and oxygen atoms in total. The van der Waals surface area contributed by atoms with Crippen LogP contribution in [0.3, 0.4) is 0 Å². The highest BCUT2D eigenvalue weighted by molar-refractivity contribution is 5.80. The standard InChI is InChI=1S/C22H23NO5/c24-12-10-22(20(25)26)9-11-23(14-22)21(27)28-13-19-17-7-3-1-5-15(17)16-6-2-4-8-18(16)19/h1-8,19,24H,9-14H2,(H,25,26). The summed E-state index contributed by atoms with van der Waals surface area (Å²) >= 11 is 0. The van der Waals surface area contributed by atoms with Crippen LogP contribution in [0.25, 0.3) is 11.1 Å². The Labute approximate surface area is 163 Å². The Kier molecular flexibility index (Phi) is 4.81. The number of carboxylic acid groups (broad SMARTS) is 1. The molecule has 0 bridgehead atoms. The Hall–Kier alpha value is -2.86. The third kappa shape index (κ3) is 3.03. The van der Waals surface area contributed by atoms with Crippen molar-refractivity contribution in [2.24, 2.45) is 5.41 Å². The van der Waals surface area contributed by atoms with Crippen molar-refractivity contribution in [2.45, 2.75) is 18.8 Å². The molecule has 4 rings (SSSR count). The van der Waals surface area contributed by atoms with E-state index in [-0.39, 0.29) is 32.1 Å². The zero-order chi connectivity index (χ0) is 19.7. The number of carbonyl (C=O) groups excluding carboxylic acids is 1. The van der Waals surface area contributed by atoms with E-state index in [1.165, 1.54) is 4.90 Å². The van der Waals surface area contributed by atoms with Crippen molar-refractivity contribution < 1.29 is 24.5 Å². The number of amides is 1. The highest BCUT2D eigenvalue weighted by atomic mass is 16.6. The summed E-state index contributed by atoms with van der Waals surface area (Å²) in [5.74, 6) is -1.00. The Morgan fingerprint density at radius 2 is 1.68 bits per heavy atom. The zero-order valence-corrected chi connectivity index (χ0v) is 15.5. The van der Waals surface area contributed by atoms with Gasteiger partial charge < -0.3 is 19.8 Å². The van der Waals surface area contributed by atoms with E-state index in [2.05, 4.69) is 24.3 Å². The normalized spacial score (nSPS) is 20.7. The molecule has 2 aliphatic rings. The van der Waals surface area contributed by atoms with E-state index >= 15 is 0 Å². The van der Waals surface area contributed by atoms with Gasteiger partial charge in [0.25, 0.3) is 0 Å². The van der Waals surface area contributed by atoms with Crippen molar-refractivity contribution in [1.82, 2.24) is 4.90 Å². The predicted octanol–water partition coefficient (Wildman–Crippen LogP) is 3.09. The van der Waals surface area contributed by atoms with Gasteiger partial charge in [-0.15, -0.1) is 0 Å². The van der Waals surface area contributed by atoms with Crippen LogP contribution < -0.4 is 0 Å². The maximum absolute atomic E-state index is 12.6. The first kappa shape index (κ1) is 18.5. The lowest BCUT2D eigenvalue weighted by Crippen LogP contribution is -2.38. The molecule has 1 heterocycles. The first-order valence-electron chi connectivity index (χ1n) is 9.50. The zero-order valence-electron chi connectivity index (χ0n) is 15.5. The molecule has 0 radical (unpaired) electrons. The minimum Gasteiger partial charge on any atom is -0.481 e. The van der Waals surface area contributed by atoms with Crippen molar-refractivity contribution in [3.05, 3.63) is 59.7 Å². The summed E-state index contributed by atoms with van der Waals surface area (Å²) in [6.07, 6.45) is -0.0364. The second-order valence-electron chi connectivity index (χ2n) is 7.53. The van der Waals surface area contributed by atoms with Crippen LogP contribution in [-0.4, -0.2) is 53.5 Å². The lowest BCUT2D eigenvalue weighted by Gasteiger charge is -2.24. The third-order valence-corrected chi connectivity index (χ3v) is 5.99. The first-order chi connectivity index (χ1) is 13.6. The molecule has 1 aliphatic carbocycles. The van der Waals surface area contributed by atoms with Crippen molar-refractivity contribution in [1.29, 1.82) is 0 Å². The Morgan fingerprint density at radius 3 is 2.25 bits per heavy atom. The number of carbonyl (C=O) groups is 2. The van der Waals surface area contributed by atoms with Gasteiger partial charge in [0.1, 0.15) is 6.61 Å². The van der Waals surface area contributed by atoms with E-state index in [1.54, 1.807) is 0 Å². The van der Waals surface area contributed by atoms with Gasteiger partial charge in [0, 0.05) is 25.6 Å². The van der Waals surface area contributed by atoms with Gasteiger partial charge in [-0.3, -0.25) is 4.79 Å². The molecule has 1 aliphatic heterocycles. The highest BCUT2D eigenvalue weighted by Gasteiger charge is 2.46. The third-order valence-electron chi connectivity index (χ3n) is 5.99. The molecule has 1 atom stereocenters. The summed E-state index contributed by atoms with van der Waals surface area (Å²) in [6.45, 7) is 0.386. The molecule has 0 spiro atoms. The van der Waals surface area contributed by atoms with Crippen molar-refractivity contribution in [3.63, 3.8) is 0 Å². The minimum absolute atomic E-state index is 0.0272.